The quantitative estimate of drug-likeness (QED) is 0.173. The molecule has 0 radical (unpaired) electrons. The van der Waals surface area contributed by atoms with Crippen molar-refractivity contribution in [2.45, 2.75) is 31.1 Å². The summed E-state index contributed by atoms with van der Waals surface area (Å²) < 4.78 is 16.2. The van der Waals surface area contributed by atoms with E-state index in [2.05, 4.69) is 216 Å². The van der Waals surface area contributed by atoms with E-state index in [0.717, 1.165) is 54.3 Å². The van der Waals surface area contributed by atoms with Crippen LogP contribution >= 0.6 is 0 Å². The number of hydrogen-bond acceptors (Lipinski definition) is 3. The van der Waals surface area contributed by atoms with Gasteiger partial charge in [-0.25, -0.2) is 0 Å². The van der Waals surface area contributed by atoms with E-state index in [1.165, 1.54) is 88.9 Å². The molecule has 0 fully saturated rings. The molecule has 2 heterocycles. The van der Waals surface area contributed by atoms with E-state index in [4.69, 9.17) is 9.47 Å². The Morgan fingerprint density at radius 2 is 1.17 bits per heavy atom. The number of allylic oxidation sites excluding steroid dienone is 8. The van der Waals surface area contributed by atoms with E-state index >= 15 is 0 Å². The van der Waals surface area contributed by atoms with Crippen LogP contribution in [-0.4, -0.2) is 4.57 Å². The Kier molecular flexibility index (Phi) is 7.82. The topological polar surface area (TPSA) is 26.6 Å². The van der Waals surface area contributed by atoms with Gasteiger partial charge in [0.2, 0.25) is 0 Å². The van der Waals surface area contributed by atoms with E-state index in [0.29, 0.717) is 5.75 Å². The first-order valence-corrected chi connectivity index (χ1v) is 22.8. The molecule has 5 aliphatic rings. The molecule has 0 saturated heterocycles. The summed E-state index contributed by atoms with van der Waals surface area (Å²) in [5, 5.41) is 2.54. The van der Waals surface area contributed by atoms with Crippen LogP contribution < -0.4 is 14.4 Å². The number of para-hydroxylation sites is 3. The zero-order chi connectivity index (χ0) is 42.6. The number of fused-ring (bicyclic) bond motifs is 14. The van der Waals surface area contributed by atoms with Gasteiger partial charge in [-0.15, -0.1) is 0 Å². The van der Waals surface area contributed by atoms with Crippen LogP contribution in [0, 0.1) is 0 Å². The molecule has 0 saturated carbocycles. The Morgan fingerprint density at radius 3 is 1.97 bits per heavy atom. The molecule has 4 heteroatoms. The van der Waals surface area contributed by atoms with Gasteiger partial charge >= 0.3 is 0 Å². The molecule has 1 aliphatic heterocycles. The number of anilines is 2. The van der Waals surface area contributed by atoms with Crippen molar-refractivity contribution in [2.75, 3.05) is 4.90 Å². The van der Waals surface area contributed by atoms with Crippen molar-refractivity contribution in [1.29, 1.82) is 0 Å². The molecule has 0 unspecified atom stereocenters. The molecule has 8 aromatic carbocycles. The van der Waals surface area contributed by atoms with Gasteiger partial charge in [-0.2, -0.15) is 0 Å². The summed E-state index contributed by atoms with van der Waals surface area (Å²) in [6, 6.07) is 65.9. The Morgan fingerprint density at radius 1 is 0.477 bits per heavy atom. The normalized spacial score (nSPS) is 15.9. The summed E-state index contributed by atoms with van der Waals surface area (Å²) in [4.78, 5) is 2.37. The van der Waals surface area contributed by atoms with E-state index < -0.39 is 0 Å². The predicted molar refractivity (Wildman–Crippen MR) is 265 cm³/mol. The summed E-state index contributed by atoms with van der Waals surface area (Å²) in [6.45, 7) is 0. The van der Waals surface area contributed by atoms with Gasteiger partial charge in [0.05, 0.1) is 16.4 Å². The van der Waals surface area contributed by atoms with Crippen LogP contribution in [0.4, 0.5) is 11.4 Å². The summed E-state index contributed by atoms with van der Waals surface area (Å²) in [7, 11) is 0. The number of aromatic nitrogens is 1. The summed E-state index contributed by atoms with van der Waals surface area (Å²) in [5.41, 5.74) is 19.9. The first-order valence-electron chi connectivity index (χ1n) is 22.8. The third-order valence-corrected chi connectivity index (χ3v) is 14.5. The van der Waals surface area contributed by atoms with Crippen molar-refractivity contribution in [3.05, 3.63) is 245 Å². The van der Waals surface area contributed by atoms with Gasteiger partial charge in [0.15, 0.2) is 23.0 Å². The Bertz CT molecular complexity index is 3560. The second-order valence-corrected chi connectivity index (χ2v) is 17.8. The maximum absolute atomic E-state index is 6.93. The molecule has 9 aromatic rings. The molecule has 14 rings (SSSR count). The van der Waals surface area contributed by atoms with Crippen molar-refractivity contribution < 1.29 is 9.47 Å². The number of nitrogens with zero attached hydrogens (tertiary/aromatic N) is 2. The smallest absolute Gasteiger partial charge is 0.172 e. The molecule has 4 nitrogen and oxygen atoms in total. The zero-order valence-electron chi connectivity index (χ0n) is 35.7. The minimum atomic E-state index is -0.362. The van der Waals surface area contributed by atoms with Gasteiger partial charge in [-0.3, -0.25) is 0 Å². The second kappa shape index (κ2) is 14.0. The minimum absolute atomic E-state index is 0.362. The van der Waals surface area contributed by atoms with Crippen LogP contribution in [0.3, 0.4) is 0 Å². The lowest BCUT2D eigenvalue weighted by molar-refractivity contribution is 0.359. The zero-order valence-corrected chi connectivity index (χ0v) is 35.7. The molecule has 1 aromatic heterocycles. The van der Waals surface area contributed by atoms with E-state index in [1.807, 2.05) is 0 Å². The lowest BCUT2D eigenvalue weighted by atomic mass is 9.68. The highest BCUT2D eigenvalue weighted by atomic mass is 16.6. The van der Waals surface area contributed by atoms with Crippen LogP contribution in [0.25, 0.3) is 49.8 Å². The molecule has 0 amide bonds. The third-order valence-electron chi connectivity index (χ3n) is 14.5. The molecule has 4 aliphatic carbocycles. The van der Waals surface area contributed by atoms with Crippen LogP contribution in [0.1, 0.15) is 53.5 Å². The monoisotopic (exact) mass is 834 g/mol. The predicted octanol–water partition coefficient (Wildman–Crippen LogP) is 16.0. The fourth-order valence-corrected chi connectivity index (χ4v) is 11.7. The first kappa shape index (κ1) is 36.4. The lowest BCUT2D eigenvalue weighted by Gasteiger charge is -2.34. The summed E-state index contributed by atoms with van der Waals surface area (Å²) in [5.74, 6) is 2.93. The third kappa shape index (κ3) is 5.25. The Labute approximate surface area is 378 Å². The summed E-state index contributed by atoms with van der Waals surface area (Å²) in [6.07, 6.45) is 13.1. The van der Waals surface area contributed by atoms with Crippen molar-refractivity contribution in [3.63, 3.8) is 0 Å². The van der Waals surface area contributed by atoms with Gasteiger partial charge in [0.25, 0.3) is 0 Å². The van der Waals surface area contributed by atoms with Gasteiger partial charge < -0.3 is 18.9 Å². The molecular formula is C61H42N2O2. The SMILES string of the molecule is C1=CC2=C(CC1)C1(c3cc4c(cc32)Oc2cc(N(C3=CC=C(c5ccc6c(c5)c5ccccc5n6-c5ccccc5)CC3)c3ccccc3)ccc2O4)c2ccccc2-c2ccccc21. The standard InChI is InChI=1S/C61H42N2O2/c1-3-15-41(16-4-1)62(43-30-27-39(28-31-43)40-29-33-56-50(35-40)48-22-10-14-26-55(48)63(56)42-17-5-2-6-18-42)44-32-34-57-58(36-44)65-59-37-49-47-21-9-13-25-53(47)61(54(49)38-60(59)64-57)51-23-11-7-19-45(51)46-20-8-12-24-52(46)61/h1-12,14-24,26-27,29-30,32-38H,13,25,28,31H2. The molecule has 0 bridgehead atoms. The first-order chi connectivity index (χ1) is 32.2. The molecular weight excluding hydrogens is 793 g/mol. The maximum atomic E-state index is 6.93. The van der Waals surface area contributed by atoms with Crippen LogP contribution in [-0.2, 0) is 5.41 Å². The van der Waals surface area contributed by atoms with E-state index in [9.17, 15) is 0 Å². The van der Waals surface area contributed by atoms with Crippen LogP contribution in [0.15, 0.2) is 218 Å². The fraction of sp³-hybridized carbons (Fsp3) is 0.0820. The number of ether oxygens (including phenoxy) is 2. The molecule has 1 spiro atoms. The summed E-state index contributed by atoms with van der Waals surface area (Å²) >= 11 is 0. The van der Waals surface area contributed by atoms with Crippen LogP contribution in [0.5, 0.6) is 23.0 Å². The molecule has 65 heavy (non-hydrogen) atoms. The van der Waals surface area contributed by atoms with Crippen molar-refractivity contribution >= 4 is 44.3 Å². The Balaban J connectivity index is 0.829. The number of benzene rings is 8. The van der Waals surface area contributed by atoms with Gasteiger partial charge in [-0.1, -0.05) is 127 Å². The van der Waals surface area contributed by atoms with Crippen molar-refractivity contribution in [2.24, 2.45) is 0 Å². The highest BCUT2D eigenvalue weighted by Crippen LogP contribution is 2.65. The fourth-order valence-electron chi connectivity index (χ4n) is 11.7. The minimum Gasteiger partial charge on any atom is -0.449 e. The van der Waals surface area contributed by atoms with Gasteiger partial charge in [-0.05, 0) is 154 Å². The molecule has 0 N–H and O–H groups in total. The average molecular weight is 835 g/mol. The lowest BCUT2D eigenvalue weighted by Crippen LogP contribution is -2.27. The Hall–Kier alpha value is -8.08. The number of hydrogen-bond donors (Lipinski definition) is 0. The average Bonchev–Trinajstić information content (AvgIpc) is 3.97. The highest BCUT2D eigenvalue weighted by Gasteiger charge is 2.53. The molecule has 308 valence electrons. The van der Waals surface area contributed by atoms with E-state index in [1.54, 1.807) is 0 Å². The van der Waals surface area contributed by atoms with Gasteiger partial charge in [0.1, 0.15) is 0 Å². The van der Waals surface area contributed by atoms with Gasteiger partial charge in [0, 0.05) is 39.6 Å². The number of rotatable bonds is 5. The maximum Gasteiger partial charge on any atom is 0.172 e. The molecule has 0 atom stereocenters. The van der Waals surface area contributed by atoms with Crippen molar-refractivity contribution in [1.82, 2.24) is 4.57 Å². The van der Waals surface area contributed by atoms with E-state index in [-0.39, 0.29) is 5.41 Å². The second-order valence-electron chi connectivity index (χ2n) is 17.8. The van der Waals surface area contributed by atoms with Crippen molar-refractivity contribution in [3.8, 4) is 39.8 Å². The van der Waals surface area contributed by atoms with Crippen LogP contribution in [0.2, 0.25) is 0 Å². The highest BCUT2D eigenvalue weighted by molar-refractivity contribution is 6.10. The largest absolute Gasteiger partial charge is 0.449 e.